The zero-order valence-corrected chi connectivity index (χ0v) is 15.4. The predicted octanol–water partition coefficient (Wildman–Crippen LogP) is 3.34. The summed E-state index contributed by atoms with van der Waals surface area (Å²) in [6.45, 7) is 6.72. The van der Waals surface area contributed by atoms with E-state index in [1.54, 1.807) is 6.33 Å². The highest BCUT2D eigenvalue weighted by atomic mass is 16.1. The van der Waals surface area contributed by atoms with Crippen LogP contribution in [-0.2, 0) is 6.54 Å². The second-order valence-corrected chi connectivity index (χ2v) is 7.05. The number of rotatable bonds is 5. The Labute approximate surface area is 152 Å². The first-order chi connectivity index (χ1) is 12.6. The highest BCUT2D eigenvalue weighted by Crippen LogP contribution is 2.40. The first kappa shape index (κ1) is 16.7. The topological polar surface area (TPSA) is 72.7 Å². The number of benzene rings is 1. The number of nitrogens with zero attached hydrogens (tertiary/aromatic N) is 4. The molecule has 1 N–H and O–H groups in total. The molecule has 0 spiro atoms. The van der Waals surface area contributed by atoms with E-state index in [9.17, 15) is 4.79 Å². The van der Waals surface area contributed by atoms with E-state index in [1.807, 2.05) is 49.7 Å². The molecule has 1 aliphatic carbocycles. The van der Waals surface area contributed by atoms with E-state index in [4.69, 9.17) is 0 Å². The normalized spacial score (nSPS) is 15.2. The quantitative estimate of drug-likeness (QED) is 0.767. The van der Waals surface area contributed by atoms with Crippen LogP contribution >= 0.6 is 0 Å². The van der Waals surface area contributed by atoms with Gasteiger partial charge in [0.25, 0.3) is 5.91 Å². The molecule has 0 bridgehead atoms. The van der Waals surface area contributed by atoms with Crippen molar-refractivity contribution in [3.05, 3.63) is 53.2 Å². The van der Waals surface area contributed by atoms with Crippen LogP contribution in [-0.4, -0.2) is 25.7 Å². The molecule has 1 aromatic carbocycles. The minimum absolute atomic E-state index is 0.0753. The Morgan fingerprint density at radius 3 is 2.85 bits per heavy atom. The summed E-state index contributed by atoms with van der Waals surface area (Å²) in [7, 11) is 0. The molecular weight excluding hydrogens is 326 g/mol. The number of amides is 1. The molecule has 1 saturated carbocycles. The van der Waals surface area contributed by atoms with E-state index in [-0.39, 0.29) is 11.9 Å². The minimum Gasteiger partial charge on any atom is -0.342 e. The highest BCUT2D eigenvalue weighted by Gasteiger charge is 2.36. The van der Waals surface area contributed by atoms with E-state index in [0.717, 1.165) is 47.4 Å². The number of fused-ring (bicyclic) bond motifs is 1. The zero-order valence-electron chi connectivity index (χ0n) is 15.4. The molecule has 4 rings (SSSR count). The van der Waals surface area contributed by atoms with Crippen molar-refractivity contribution in [3.8, 4) is 0 Å². The number of pyridine rings is 1. The highest BCUT2D eigenvalue weighted by molar-refractivity contribution is 6.06. The molecule has 0 radical (unpaired) electrons. The average Bonchev–Trinajstić information content (AvgIpc) is 3.36. The number of aryl methyl sites for hydroxylation is 3. The Hall–Kier alpha value is -2.76. The lowest BCUT2D eigenvalue weighted by molar-refractivity contribution is 0.0930. The van der Waals surface area contributed by atoms with Crippen LogP contribution in [0.1, 0.15) is 53.2 Å². The van der Waals surface area contributed by atoms with Crippen LogP contribution < -0.4 is 5.32 Å². The first-order valence-electron chi connectivity index (χ1n) is 9.13. The van der Waals surface area contributed by atoms with Crippen molar-refractivity contribution in [2.24, 2.45) is 5.92 Å². The van der Waals surface area contributed by atoms with Gasteiger partial charge in [0.1, 0.15) is 12.2 Å². The number of carbonyl (C=O) groups excluding carboxylic acids is 1. The molecule has 1 unspecified atom stereocenters. The van der Waals surface area contributed by atoms with Crippen molar-refractivity contribution in [2.45, 2.75) is 46.2 Å². The van der Waals surface area contributed by atoms with Gasteiger partial charge in [-0.15, -0.1) is 0 Å². The molecule has 134 valence electrons. The van der Waals surface area contributed by atoms with Gasteiger partial charge in [0.15, 0.2) is 0 Å². The molecule has 2 heterocycles. The number of carbonyl (C=O) groups is 1. The van der Waals surface area contributed by atoms with Crippen molar-refractivity contribution < 1.29 is 4.79 Å². The van der Waals surface area contributed by atoms with E-state index in [1.165, 1.54) is 0 Å². The van der Waals surface area contributed by atoms with Gasteiger partial charge in [-0.05, 0) is 57.7 Å². The van der Waals surface area contributed by atoms with Gasteiger partial charge in [0.2, 0.25) is 0 Å². The van der Waals surface area contributed by atoms with Crippen molar-refractivity contribution in [2.75, 3.05) is 0 Å². The standard InChI is InChI=1S/C20H23N5O/c1-4-25-19(21-11-22-25)18(14-6-7-14)24-20(26)16-10-13(3)23-17-8-5-12(2)9-15(16)17/h5,8-11,14,18H,4,6-7H2,1-3H3,(H,24,26). The fourth-order valence-corrected chi connectivity index (χ4v) is 3.46. The van der Waals surface area contributed by atoms with Gasteiger partial charge in [-0.3, -0.25) is 9.78 Å². The molecule has 0 aliphatic heterocycles. The number of hydrogen-bond donors (Lipinski definition) is 1. The molecule has 6 nitrogen and oxygen atoms in total. The average molecular weight is 349 g/mol. The monoisotopic (exact) mass is 349 g/mol. The zero-order chi connectivity index (χ0) is 18.3. The fourth-order valence-electron chi connectivity index (χ4n) is 3.46. The van der Waals surface area contributed by atoms with Crippen molar-refractivity contribution in [1.29, 1.82) is 0 Å². The van der Waals surface area contributed by atoms with Gasteiger partial charge in [-0.1, -0.05) is 11.6 Å². The third-order valence-corrected chi connectivity index (χ3v) is 4.94. The summed E-state index contributed by atoms with van der Waals surface area (Å²) in [6.07, 6.45) is 3.78. The van der Waals surface area contributed by atoms with E-state index in [2.05, 4.69) is 20.4 Å². The Morgan fingerprint density at radius 1 is 1.31 bits per heavy atom. The van der Waals surface area contributed by atoms with Gasteiger partial charge in [-0.25, -0.2) is 9.67 Å². The second kappa shape index (κ2) is 6.52. The molecule has 0 saturated heterocycles. The summed E-state index contributed by atoms with van der Waals surface area (Å²) >= 11 is 0. The van der Waals surface area contributed by atoms with E-state index >= 15 is 0 Å². The number of nitrogens with one attached hydrogen (secondary N) is 1. The maximum absolute atomic E-state index is 13.2. The first-order valence-corrected chi connectivity index (χ1v) is 9.13. The molecule has 2 aromatic heterocycles. The van der Waals surface area contributed by atoms with Crippen LogP contribution in [0.15, 0.2) is 30.6 Å². The van der Waals surface area contributed by atoms with Crippen LogP contribution in [0.25, 0.3) is 10.9 Å². The summed E-state index contributed by atoms with van der Waals surface area (Å²) < 4.78 is 1.86. The number of aromatic nitrogens is 4. The second-order valence-electron chi connectivity index (χ2n) is 7.05. The fraction of sp³-hybridized carbons (Fsp3) is 0.400. The maximum atomic E-state index is 13.2. The summed E-state index contributed by atoms with van der Waals surface area (Å²) in [5.74, 6) is 1.20. The maximum Gasteiger partial charge on any atom is 0.252 e. The molecule has 1 aliphatic rings. The van der Waals surface area contributed by atoms with Crippen molar-refractivity contribution in [1.82, 2.24) is 25.1 Å². The van der Waals surface area contributed by atoms with Crippen LogP contribution in [0.2, 0.25) is 0 Å². The molecule has 3 aromatic rings. The summed E-state index contributed by atoms with van der Waals surface area (Å²) in [5.41, 5.74) is 3.47. The van der Waals surface area contributed by atoms with Crippen LogP contribution in [0, 0.1) is 19.8 Å². The molecule has 6 heteroatoms. The predicted molar refractivity (Wildman–Crippen MR) is 99.8 cm³/mol. The van der Waals surface area contributed by atoms with Crippen LogP contribution in [0.4, 0.5) is 0 Å². The molecule has 26 heavy (non-hydrogen) atoms. The lowest BCUT2D eigenvalue weighted by Gasteiger charge is -2.19. The van der Waals surface area contributed by atoms with Gasteiger partial charge in [-0.2, -0.15) is 5.10 Å². The van der Waals surface area contributed by atoms with Gasteiger partial charge >= 0.3 is 0 Å². The molecular formula is C20H23N5O. The van der Waals surface area contributed by atoms with Crippen LogP contribution in [0.5, 0.6) is 0 Å². The smallest absolute Gasteiger partial charge is 0.252 e. The summed E-state index contributed by atoms with van der Waals surface area (Å²) in [4.78, 5) is 22.1. The lowest BCUT2D eigenvalue weighted by atomic mass is 10.0. The van der Waals surface area contributed by atoms with Gasteiger partial charge in [0, 0.05) is 17.6 Å². The summed E-state index contributed by atoms with van der Waals surface area (Å²) in [6, 6.07) is 7.79. The largest absolute Gasteiger partial charge is 0.342 e. The Balaban J connectivity index is 1.71. The third kappa shape index (κ3) is 3.07. The van der Waals surface area contributed by atoms with Gasteiger partial charge < -0.3 is 5.32 Å². The molecule has 1 amide bonds. The minimum atomic E-state index is -0.0988. The van der Waals surface area contributed by atoms with Crippen molar-refractivity contribution in [3.63, 3.8) is 0 Å². The lowest BCUT2D eigenvalue weighted by Crippen LogP contribution is -2.32. The molecule has 1 atom stereocenters. The Bertz CT molecular complexity index is 973. The van der Waals surface area contributed by atoms with E-state index in [0.29, 0.717) is 11.5 Å². The SMILES string of the molecule is CCn1ncnc1C(NC(=O)c1cc(C)nc2ccc(C)cc12)C1CC1. The van der Waals surface area contributed by atoms with E-state index < -0.39 is 0 Å². The van der Waals surface area contributed by atoms with Crippen LogP contribution in [0.3, 0.4) is 0 Å². The van der Waals surface area contributed by atoms with Gasteiger partial charge in [0.05, 0.1) is 17.1 Å². The number of hydrogen-bond acceptors (Lipinski definition) is 4. The molecule has 1 fully saturated rings. The van der Waals surface area contributed by atoms with Crippen molar-refractivity contribution >= 4 is 16.8 Å². The Morgan fingerprint density at radius 2 is 2.12 bits per heavy atom. The third-order valence-electron chi connectivity index (χ3n) is 4.94. The summed E-state index contributed by atoms with van der Waals surface area (Å²) in [5, 5.41) is 8.38. The Kier molecular flexibility index (Phi) is 4.18.